The zero-order valence-corrected chi connectivity index (χ0v) is 15.8. The van der Waals surface area contributed by atoms with E-state index in [1.54, 1.807) is 42.6 Å². The number of carbonyl (C=O) groups excluding carboxylic acids is 1. The van der Waals surface area contributed by atoms with Crippen molar-refractivity contribution in [1.29, 1.82) is 0 Å². The monoisotopic (exact) mass is 371 g/mol. The molecule has 0 saturated carbocycles. The molecule has 26 heavy (non-hydrogen) atoms. The molecule has 0 aliphatic heterocycles. The summed E-state index contributed by atoms with van der Waals surface area (Å²) in [5.41, 5.74) is 0.954. The van der Waals surface area contributed by atoms with Crippen LogP contribution in [0, 0.1) is 6.92 Å². The van der Waals surface area contributed by atoms with Gasteiger partial charge in [0.05, 0.1) is 20.8 Å². The highest BCUT2D eigenvalue weighted by Crippen LogP contribution is 2.28. The van der Waals surface area contributed by atoms with Crippen LogP contribution in [0.5, 0.6) is 11.5 Å². The van der Waals surface area contributed by atoms with E-state index in [0.717, 1.165) is 16.2 Å². The Morgan fingerprint density at radius 3 is 2.50 bits per heavy atom. The van der Waals surface area contributed by atoms with Crippen LogP contribution in [-0.4, -0.2) is 25.0 Å². The van der Waals surface area contributed by atoms with Crippen molar-refractivity contribution >= 4 is 17.2 Å². The molecule has 0 saturated heterocycles. The Hall–Kier alpha value is -2.73. The van der Waals surface area contributed by atoms with Gasteiger partial charge in [-0.2, -0.15) is 0 Å². The van der Waals surface area contributed by atoms with Crippen LogP contribution in [-0.2, 0) is 13.1 Å². The third kappa shape index (κ3) is 4.08. The number of carbonyl (C=O) groups is 1. The van der Waals surface area contributed by atoms with E-state index in [9.17, 15) is 4.79 Å². The van der Waals surface area contributed by atoms with Gasteiger partial charge in [0.1, 0.15) is 5.76 Å². The number of nitrogens with zero attached hydrogens (tertiary/aromatic N) is 1. The van der Waals surface area contributed by atoms with Gasteiger partial charge in [-0.3, -0.25) is 4.79 Å². The molecule has 6 heteroatoms. The SMILES string of the molecule is COc1ccc(CN(Cc2cccs2)C(=O)c2ccc(C)o2)cc1OC. The first-order chi connectivity index (χ1) is 12.6. The van der Waals surface area contributed by atoms with E-state index in [0.29, 0.717) is 30.3 Å². The Kier molecular flexibility index (Phi) is 5.63. The Balaban J connectivity index is 1.86. The lowest BCUT2D eigenvalue weighted by atomic mass is 10.1. The standard InChI is InChI=1S/C20H21NO4S/c1-14-6-8-18(25-14)20(22)21(13-16-5-4-10-26-16)12-15-7-9-17(23-2)19(11-15)24-3/h4-11H,12-13H2,1-3H3. The number of benzene rings is 1. The average Bonchev–Trinajstić information content (AvgIpc) is 3.32. The van der Waals surface area contributed by atoms with Gasteiger partial charge >= 0.3 is 0 Å². The van der Waals surface area contributed by atoms with Crippen molar-refractivity contribution < 1.29 is 18.7 Å². The van der Waals surface area contributed by atoms with Crippen LogP contribution in [0.3, 0.4) is 0 Å². The van der Waals surface area contributed by atoms with E-state index in [1.807, 2.05) is 42.6 Å². The smallest absolute Gasteiger partial charge is 0.290 e. The van der Waals surface area contributed by atoms with Crippen LogP contribution < -0.4 is 9.47 Å². The highest BCUT2D eigenvalue weighted by molar-refractivity contribution is 7.09. The third-order valence-electron chi connectivity index (χ3n) is 3.99. The van der Waals surface area contributed by atoms with Crippen LogP contribution >= 0.6 is 11.3 Å². The van der Waals surface area contributed by atoms with Gasteiger partial charge in [0.15, 0.2) is 17.3 Å². The van der Waals surface area contributed by atoms with Crippen molar-refractivity contribution in [3.63, 3.8) is 0 Å². The topological polar surface area (TPSA) is 51.9 Å². The average molecular weight is 371 g/mol. The summed E-state index contributed by atoms with van der Waals surface area (Å²) in [7, 11) is 3.20. The minimum atomic E-state index is -0.138. The fraction of sp³-hybridized carbons (Fsp3) is 0.250. The van der Waals surface area contributed by atoms with Crippen LogP contribution in [0.1, 0.15) is 26.8 Å². The number of methoxy groups -OCH3 is 2. The number of ether oxygens (including phenoxy) is 2. The molecule has 0 spiro atoms. The van der Waals surface area contributed by atoms with Gasteiger partial charge in [0.25, 0.3) is 5.91 Å². The maximum Gasteiger partial charge on any atom is 0.290 e. The normalized spacial score (nSPS) is 10.6. The second kappa shape index (κ2) is 8.10. The van der Waals surface area contributed by atoms with Crippen LogP contribution in [0.2, 0.25) is 0 Å². The van der Waals surface area contributed by atoms with Crippen LogP contribution in [0.15, 0.2) is 52.3 Å². The molecule has 0 bridgehead atoms. The number of hydrogen-bond acceptors (Lipinski definition) is 5. The molecule has 0 aliphatic rings. The molecule has 0 N–H and O–H groups in total. The van der Waals surface area contributed by atoms with Gasteiger partial charge in [-0.25, -0.2) is 0 Å². The Morgan fingerprint density at radius 2 is 1.88 bits per heavy atom. The molecule has 3 rings (SSSR count). The Labute approximate surface area is 156 Å². The first kappa shape index (κ1) is 18.1. The van der Waals surface area contributed by atoms with E-state index >= 15 is 0 Å². The van der Waals surface area contributed by atoms with E-state index in [4.69, 9.17) is 13.9 Å². The largest absolute Gasteiger partial charge is 0.493 e. The van der Waals surface area contributed by atoms with Crippen LogP contribution in [0.4, 0.5) is 0 Å². The van der Waals surface area contributed by atoms with Crippen molar-refractivity contribution in [1.82, 2.24) is 4.90 Å². The second-order valence-corrected chi connectivity index (χ2v) is 6.87. The van der Waals surface area contributed by atoms with Gasteiger partial charge in [0, 0.05) is 11.4 Å². The summed E-state index contributed by atoms with van der Waals surface area (Å²) in [6.45, 7) is 2.79. The van der Waals surface area contributed by atoms with E-state index in [2.05, 4.69) is 0 Å². The second-order valence-electron chi connectivity index (χ2n) is 5.84. The fourth-order valence-electron chi connectivity index (χ4n) is 2.69. The number of hydrogen-bond donors (Lipinski definition) is 0. The van der Waals surface area contributed by atoms with Gasteiger partial charge < -0.3 is 18.8 Å². The predicted octanol–water partition coefficient (Wildman–Crippen LogP) is 4.51. The zero-order valence-electron chi connectivity index (χ0n) is 15.0. The minimum absolute atomic E-state index is 0.138. The van der Waals surface area contributed by atoms with Gasteiger partial charge in [-0.15, -0.1) is 11.3 Å². The molecule has 0 aliphatic carbocycles. The molecule has 0 atom stereocenters. The van der Waals surface area contributed by atoms with E-state index < -0.39 is 0 Å². The summed E-state index contributed by atoms with van der Waals surface area (Å²) in [4.78, 5) is 15.8. The Morgan fingerprint density at radius 1 is 1.08 bits per heavy atom. The zero-order chi connectivity index (χ0) is 18.5. The number of amides is 1. The molecule has 2 aromatic heterocycles. The molecular weight excluding hydrogens is 350 g/mol. The molecular formula is C20H21NO4S. The molecule has 0 radical (unpaired) electrons. The lowest BCUT2D eigenvalue weighted by Gasteiger charge is -2.22. The summed E-state index contributed by atoms with van der Waals surface area (Å²) >= 11 is 1.62. The summed E-state index contributed by atoms with van der Waals surface area (Å²) in [5, 5.41) is 2.01. The molecule has 136 valence electrons. The number of thiophene rings is 1. The summed E-state index contributed by atoms with van der Waals surface area (Å²) < 4.78 is 16.2. The van der Waals surface area contributed by atoms with E-state index in [1.165, 1.54) is 0 Å². The first-order valence-corrected chi connectivity index (χ1v) is 9.07. The lowest BCUT2D eigenvalue weighted by Crippen LogP contribution is -2.29. The molecule has 5 nitrogen and oxygen atoms in total. The highest BCUT2D eigenvalue weighted by Gasteiger charge is 2.20. The fourth-order valence-corrected chi connectivity index (χ4v) is 3.41. The number of furan rings is 1. The molecule has 1 aromatic carbocycles. The van der Waals surface area contributed by atoms with Crippen molar-refractivity contribution in [2.45, 2.75) is 20.0 Å². The first-order valence-electron chi connectivity index (χ1n) is 8.19. The Bertz CT molecular complexity index is 870. The molecule has 3 aromatic rings. The minimum Gasteiger partial charge on any atom is -0.493 e. The highest BCUT2D eigenvalue weighted by atomic mass is 32.1. The maximum atomic E-state index is 12.9. The summed E-state index contributed by atoms with van der Waals surface area (Å²) in [5.74, 6) is 2.23. The molecule has 0 fully saturated rings. The number of rotatable bonds is 7. The van der Waals surface area contributed by atoms with Gasteiger partial charge in [0.2, 0.25) is 0 Å². The van der Waals surface area contributed by atoms with Gasteiger partial charge in [-0.1, -0.05) is 12.1 Å². The van der Waals surface area contributed by atoms with Crippen molar-refractivity contribution in [2.24, 2.45) is 0 Å². The maximum absolute atomic E-state index is 12.9. The predicted molar refractivity (Wildman–Crippen MR) is 101 cm³/mol. The van der Waals surface area contributed by atoms with Crippen molar-refractivity contribution in [3.8, 4) is 11.5 Å². The number of aryl methyl sites for hydroxylation is 1. The molecule has 0 unspecified atom stereocenters. The van der Waals surface area contributed by atoms with Crippen LogP contribution in [0.25, 0.3) is 0 Å². The van der Waals surface area contributed by atoms with Crippen molar-refractivity contribution in [3.05, 3.63) is 69.8 Å². The van der Waals surface area contributed by atoms with E-state index in [-0.39, 0.29) is 5.91 Å². The summed E-state index contributed by atoms with van der Waals surface area (Å²) in [6, 6.07) is 13.2. The third-order valence-corrected chi connectivity index (χ3v) is 4.85. The van der Waals surface area contributed by atoms with Gasteiger partial charge in [-0.05, 0) is 48.2 Å². The van der Waals surface area contributed by atoms with Crippen molar-refractivity contribution in [2.75, 3.05) is 14.2 Å². The quantitative estimate of drug-likeness (QED) is 0.613. The lowest BCUT2D eigenvalue weighted by molar-refractivity contribution is 0.0698. The molecule has 1 amide bonds. The summed E-state index contributed by atoms with van der Waals surface area (Å²) in [6.07, 6.45) is 0. The molecule has 2 heterocycles.